The molecule has 1 amide bonds. The maximum atomic E-state index is 13.3. The molecule has 2 aromatic carbocycles. The fourth-order valence-corrected chi connectivity index (χ4v) is 4.62. The lowest BCUT2D eigenvalue weighted by Crippen LogP contribution is -2.47. The highest BCUT2D eigenvalue weighted by molar-refractivity contribution is 8.00. The molecule has 0 aromatic heterocycles. The second-order valence-corrected chi connectivity index (χ2v) is 8.74. The normalized spacial score (nSPS) is 18.4. The van der Waals surface area contributed by atoms with Crippen LogP contribution >= 0.6 is 11.8 Å². The summed E-state index contributed by atoms with van der Waals surface area (Å²) in [4.78, 5) is 38.0. The van der Waals surface area contributed by atoms with Crippen molar-refractivity contribution in [2.45, 2.75) is 31.7 Å². The molecule has 0 radical (unpaired) electrons. The van der Waals surface area contributed by atoms with Crippen molar-refractivity contribution >= 4 is 29.3 Å². The highest BCUT2D eigenvalue weighted by Crippen LogP contribution is 2.34. The summed E-state index contributed by atoms with van der Waals surface area (Å²) in [7, 11) is 0. The van der Waals surface area contributed by atoms with Crippen molar-refractivity contribution in [1.29, 1.82) is 0 Å². The van der Waals surface area contributed by atoms with Gasteiger partial charge in [0.05, 0.1) is 16.9 Å². The monoisotopic (exact) mass is 428 g/mol. The van der Waals surface area contributed by atoms with Crippen molar-refractivity contribution in [1.82, 2.24) is 4.90 Å². The van der Waals surface area contributed by atoms with Gasteiger partial charge in [0, 0.05) is 29.9 Å². The molecular weight excluding hydrogens is 404 g/mol. The first kappa shape index (κ1) is 21.8. The van der Waals surface area contributed by atoms with Gasteiger partial charge in [-0.25, -0.2) is 4.79 Å². The predicted molar refractivity (Wildman–Crippen MR) is 115 cm³/mol. The highest BCUT2D eigenvalue weighted by Gasteiger charge is 2.42. The van der Waals surface area contributed by atoms with Crippen LogP contribution in [0.1, 0.15) is 29.8 Å². The second kappa shape index (κ2) is 9.75. The van der Waals surface area contributed by atoms with E-state index < -0.39 is 16.9 Å². The van der Waals surface area contributed by atoms with Crippen LogP contribution in [-0.2, 0) is 16.0 Å². The van der Waals surface area contributed by atoms with Crippen molar-refractivity contribution in [3.63, 3.8) is 0 Å². The van der Waals surface area contributed by atoms with Crippen molar-refractivity contribution in [3.05, 3.63) is 75.8 Å². The summed E-state index contributed by atoms with van der Waals surface area (Å²) in [6.07, 6.45) is 0.595. The van der Waals surface area contributed by atoms with E-state index in [9.17, 15) is 19.7 Å². The van der Waals surface area contributed by atoms with Gasteiger partial charge in [-0.2, -0.15) is 0 Å². The molecule has 1 saturated heterocycles. The zero-order valence-electron chi connectivity index (χ0n) is 16.9. The van der Waals surface area contributed by atoms with Gasteiger partial charge in [0.15, 0.2) is 0 Å². The number of thioether (sulfide) groups is 1. The van der Waals surface area contributed by atoms with Crippen molar-refractivity contribution < 1.29 is 19.2 Å². The number of esters is 1. The lowest BCUT2D eigenvalue weighted by atomic mass is 10.1. The van der Waals surface area contributed by atoms with Crippen LogP contribution in [0.15, 0.2) is 54.6 Å². The molecule has 158 valence electrons. The molecule has 1 aliphatic heterocycles. The van der Waals surface area contributed by atoms with Crippen LogP contribution in [0, 0.1) is 16.0 Å². The topological polar surface area (TPSA) is 89.8 Å². The Kier molecular flexibility index (Phi) is 7.10. The average molecular weight is 429 g/mol. The fraction of sp³-hybridized carbons (Fsp3) is 0.364. The molecule has 8 heteroatoms. The Labute approximate surface area is 179 Å². The van der Waals surface area contributed by atoms with Crippen molar-refractivity contribution in [2.75, 3.05) is 12.4 Å². The van der Waals surface area contributed by atoms with E-state index in [1.807, 2.05) is 44.2 Å². The number of benzene rings is 2. The third-order valence-electron chi connectivity index (χ3n) is 4.74. The number of rotatable bonds is 7. The summed E-state index contributed by atoms with van der Waals surface area (Å²) < 4.78 is 5.42. The molecular formula is C22H24N2O5S. The number of amides is 1. The number of carbonyl (C=O) groups is 2. The number of carbonyl (C=O) groups excluding carboxylic acids is 2. The van der Waals surface area contributed by atoms with Gasteiger partial charge >= 0.3 is 5.97 Å². The number of hydrogen-bond acceptors (Lipinski definition) is 6. The summed E-state index contributed by atoms with van der Waals surface area (Å²) in [6, 6.07) is 14.5. The molecule has 2 aromatic rings. The number of nitrogens with zero attached hydrogens (tertiary/aromatic N) is 2. The number of hydrogen-bond donors (Lipinski definition) is 0. The van der Waals surface area contributed by atoms with Crippen molar-refractivity contribution in [2.24, 2.45) is 5.92 Å². The Bertz CT molecular complexity index is 902. The summed E-state index contributed by atoms with van der Waals surface area (Å²) in [5.74, 6) is -0.0982. The summed E-state index contributed by atoms with van der Waals surface area (Å²) in [5, 5.41) is 10.7. The number of ether oxygens (including phenoxy) is 1. The van der Waals surface area contributed by atoms with Gasteiger partial charge in [0.2, 0.25) is 0 Å². The zero-order chi connectivity index (χ0) is 21.7. The first-order valence-corrected chi connectivity index (χ1v) is 10.8. The summed E-state index contributed by atoms with van der Waals surface area (Å²) in [6.45, 7) is 4.20. The Balaban J connectivity index is 1.85. The zero-order valence-corrected chi connectivity index (χ0v) is 17.7. The molecule has 1 aliphatic rings. The third kappa shape index (κ3) is 5.18. The Hall–Kier alpha value is -2.87. The standard InChI is InChI=1S/C22H24N2O5S/c1-15(2)13-29-22(26)19-14-30-20(12-16-6-4-3-5-7-16)23(19)21(25)17-8-10-18(11-9-17)24(27)28/h3-11,15,19-20H,12-14H2,1-2H3. The van der Waals surface area contributed by atoms with Gasteiger partial charge in [0.1, 0.15) is 6.04 Å². The summed E-state index contributed by atoms with van der Waals surface area (Å²) >= 11 is 1.54. The van der Waals surface area contributed by atoms with E-state index in [4.69, 9.17) is 4.74 Å². The van der Waals surface area contributed by atoms with E-state index in [1.165, 1.54) is 24.3 Å². The smallest absolute Gasteiger partial charge is 0.329 e. The van der Waals surface area contributed by atoms with E-state index in [-0.39, 0.29) is 22.9 Å². The molecule has 1 fully saturated rings. The predicted octanol–water partition coefficient (Wildman–Crippen LogP) is 3.92. The number of non-ortho nitro benzene ring substituents is 1. The lowest BCUT2D eigenvalue weighted by Gasteiger charge is -2.28. The van der Waals surface area contributed by atoms with Gasteiger partial charge < -0.3 is 9.64 Å². The number of nitro benzene ring substituents is 1. The minimum Gasteiger partial charge on any atom is -0.464 e. The van der Waals surface area contributed by atoms with E-state index in [0.717, 1.165) is 5.56 Å². The van der Waals surface area contributed by atoms with E-state index in [1.54, 1.807) is 16.7 Å². The first-order valence-electron chi connectivity index (χ1n) is 9.76. The molecule has 2 unspecified atom stereocenters. The van der Waals surface area contributed by atoms with Gasteiger partial charge in [-0.15, -0.1) is 11.8 Å². The molecule has 0 N–H and O–H groups in total. The largest absolute Gasteiger partial charge is 0.464 e. The molecule has 0 bridgehead atoms. The SMILES string of the molecule is CC(C)COC(=O)C1CSC(Cc2ccccc2)N1C(=O)c1ccc([N+](=O)[O-])cc1. The van der Waals surface area contributed by atoms with Crippen LogP contribution < -0.4 is 0 Å². The quantitative estimate of drug-likeness (QED) is 0.377. The van der Waals surface area contributed by atoms with Gasteiger partial charge in [-0.3, -0.25) is 14.9 Å². The van der Waals surface area contributed by atoms with E-state index >= 15 is 0 Å². The van der Waals surface area contributed by atoms with Crippen LogP contribution in [0.25, 0.3) is 0 Å². The fourth-order valence-electron chi connectivity index (χ4n) is 3.21. The average Bonchev–Trinajstić information content (AvgIpc) is 3.15. The molecule has 0 aliphatic carbocycles. The van der Waals surface area contributed by atoms with Gasteiger partial charge in [-0.1, -0.05) is 44.2 Å². The minimum absolute atomic E-state index is 0.0870. The van der Waals surface area contributed by atoms with Crippen molar-refractivity contribution in [3.8, 4) is 0 Å². The maximum Gasteiger partial charge on any atom is 0.329 e. The Morgan fingerprint density at radius 1 is 1.17 bits per heavy atom. The van der Waals surface area contributed by atoms with Crippen LogP contribution in [0.5, 0.6) is 0 Å². The second-order valence-electron chi connectivity index (χ2n) is 7.53. The molecule has 2 atom stereocenters. The minimum atomic E-state index is -0.690. The van der Waals surface area contributed by atoms with Crippen LogP contribution in [0.4, 0.5) is 5.69 Å². The molecule has 7 nitrogen and oxygen atoms in total. The Morgan fingerprint density at radius 3 is 2.43 bits per heavy atom. The third-order valence-corrected chi connectivity index (χ3v) is 6.02. The molecule has 0 spiro atoms. The molecule has 0 saturated carbocycles. The van der Waals surface area contributed by atoms with Crippen LogP contribution in [0.2, 0.25) is 0 Å². The Morgan fingerprint density at radius 2 is 1.83 bits per heavy atom. The first-order chi connectivity index (χ1) is 14.4. The van der Waals surface area contributed by atoms with Crippen LogP contribution in [-0.4, -0.2) is 45.5 Å². The maximum absolute atomic E-state index is 13.3. The molecule has 1 heterocycles. The lowest BCUT2D eigenvalue weighted by molar-refractivity contribution is -0.384. The van der Waals surface area contributed by atoms with E-state index in [0.29, 0.717) is 24.3 Å². The van der Waals surface area contributed by atoms with Gasteiger partial charge in [0.25, 0.3) is 11.6 Å². The number of nitro groups is 1. The molecule has 3 rings (SSSR count). The van der Waals surface area contributed by atoms with E-state index in [2.05, 4.69) is 0 Å². The van der Waals surface area contributed by atoms with Crippen LogP contribution in [0.3, 0.4) is 0 Å². The van der Waals surface area contributed by atoms with Gasteiger partial charge in [-0.05, 0) is 23.6 Å². The summed E-state index contributed by atoms with van der Waals surface area (Å²) in [5.41, 5.74) is 1.28. The molecule has 30 heavy (non-hydrogen) atoms. The highest BCUT2D eigenvalue weighted by atomic mass is 32.2.